The molecule has 124 valence electrons. The van der Waals surface area contributed by atoms with Crippen molar-refractivity contribution in [2.24, 2.45) is 0 Å². The maximum atomic E-state index is 12.7. The Morgan fingerprint density at radius 1 is 0.680 bits per heavy atom. The van der Waals surface area contributed by atoms with E-state index >= 15 is 0 Å². The summed E-state index contributed by atoms with van der Waals surface area (Å²) in [6, 6.07) is 31.5. The number of carbonyl (C=O) groups is 1. The fraction of sp³-hybridized carbons (Fsp3) is 0.136. The Morgan fingerprint density at radius 3 is 1.40 bits per heavy atom. The van der Waals surface area contributed by atoms with Crippen LogP contribution in [0.3, 0.4) is 0 Å². The molecule has 25 heavy (non-hydrogen) atoms. The molecule has 0 aliphatic carbocycles. The topological polar surface area (TPSA) is 26.3 Å². The highest BCUT2D eigenvalue weighted by molar-refractivity contribution is 7.96. The van der Waals surface area contributed by atoms with Crippen molar-refractivity contribution in [1.82, 2.24) is 0 Å². The van der Waals surface area contributed by atoms with Crippen molar-refractivity contribution >= 4 is 29.1 Å². The molecule has 1 heterocycles. The Kier molecular flexibility index (Phi) is 4.38. The SMILES string of the molecule is O=C1OCCC1[P+](c1ccccc1)(c1ccccc1)c1ccccc1. The lowest BCUT2D eigenvalue weighted by Crippen LogP contribution is -2.40. The molecule has 0 radical (unpaired) electrons. The third kappa shape index (κ3) is 2.67. The molecular formula is C22H20O2P+. The van der Waals surface area contributed by atoms with Gasteiger partial charge in [0.05, 0.1) is 6.61 Å². The summed E-state index contributed by atoms with van der Waals surface area (Å²) in [6.07, 6.45) is 0.769. The number of cyclic esters (lactones) is 1. The molecule has 1 fully saturated rings. The molecule has 0 spiro atoms. The zero-order chi connectivity index (χ0) is 17.1. The first kappa shape index (κ1) is 16.1. The number of carbonyl (C=O) groups excluding carboxylic acids is 1. The summed E-state index contributed by atoms with van der Waals surface area (Å²) in [5, 5.41) is 3.70. The average Bonchev–Trinajstić information content (AvgIpc) is 3.12. The summed E-state index contributed by atoms with van der Waals surface area (Å²) in [4.78, 5) is 12.7. The lowest BCUT2D eigenvalue weighted by atomic mass is 10.3. The van der Waals surface area contributed by atoms with Crippen molar-refractivity contribution in [1.29, 1.82) is 0 Å². The second-order valence-corrected chi connectivity index (χ2v) is 9.82. The van der Waals surface area contributed by atoms with E-state index in [1.54, 1.807) is 0 Å². The molecule has 0 N–H and O–H groups in total. The minimum atomic E-state index is -2.13. The van der Waals surface area contributed by atoms with Crippen LogP contribution in [-0.4, -0.2) is 18.2 Å². The molecule has 3 aromatic carbocycles. The highest BCUT2D eigenvalue weighted by Gasteiger charge is 2.57. The van der Waals surface area contributed by atoms with Gasteiger partial charge in [0.2, 0.25) is 0 Å². The Morgan fingerprint density at radius 2 is 1.08 bits per heavy atom. The van der Waals surface area contributed by atoms with Crippen molar-refractivity contribution in [3.05, 3.63) is 91.0 Å². The molecule has 3 aromatic rings. The molecule has 0 bridgehead atoms. The number of rotatable bonds is 4. The van der Waals surface area contributed by atoms with E-state index in [0.29, 0.717) is 6.61 Å². The van der Waals surface area contributed by atoms with Crippen LogP contribution in [-0.2, 0) is 9.53 Å². The highest BCUT2D eigenvalue weighted by Crippen LogP contribution is 2.61. The number of benzene rings is 3. The van der Waals surface area contributed by atoms with Crippen molar-refractivity contribution < 1.29 is 9.53 Å². The third-order valence-corrected chi connectivity index (χ3v) is 9.61. The van der Waals surface area contributed by atoms with E-state index < -0.39 is 7.26 Å². The lowest BCUT2D eigenvalue weighted by molar-refractivity contribution is -0.137. The molecule has 0 amide bonds. The first-order valence-corrected chi connectivity index (χ1v) is 10.4. The Balaban J connectivity index is 2.06. The summed E-state index contributed by atoms with van der Waals surface area (Å²) in [6.45, 7) is 0.512. The average molecular weight is 347 g/mol. The maximum Gasteiger partial charge on any atom is 0.348 e. The predicted molar refractivity (Wildman–Crippen MR) is 105 cm³/mol. The molecule has 0 aromatic heterocycles. The van der Waals surface area contributed by atoms with E-state index in [0.717, 1.165) is 6.42 Å². The van der Waals surface area contributed by atoms with Gasteiger partial charge in [-0.2, -0.15) is 0 Å². The standard InChI is InChI=1S/C22H20O2P/c23-22-21(16-17-24-22)25(18-10-4-1-5-11-18,19-12-6-2-7-13-19)20-14-8-3-9-15-20/h1-15,21H,16-17H2/q+1. The highest BCUT2D eigenvalue weighted by atomic mass is 31.2. The van der Waals surface area contributed by atoms with Crippen LogP contribution in [0.1, 0.15) is 6.42 Å². The first-order valence-electron chi connectivity index (χ1n) is 8.55. The molecule has 1 saturated heterocycles. The summed E-state index contributed by atoms with van der Waals surface area (Å²) in [7, 11) is -2.13. The number of hydrogen-bond acceptors (Lipinski definition) is 2. The van der Waals surface area contributed by atoms with Gasteiger partial charge in [0, 0.05) is 6.42 Å². The minimum Gasteiger partial charge on any atom is -0.463 e. The van der Waals surface area contributed by atoms with Gasteiger partial charge in [-0.1, -0.05) is 54.6 Å². The molecule has 1 aliphatic rings. The first-order chi connectivity index (χ1) is 12.3. The van der Waals surface area contributed by atoms with Gasteiger partial charge in [-0.25, -0.2) is 4.79 Å². The van der Waals surface area contributed by atoms with E-state index in [-0.39, 0.29) is 11.6 Å². The van der Waals surface area contributed by atoms with Crippen molar-refractivity contribution in [2.75, 3.05) is 6.61 Å². The minimum absolute atomic E-state index is 0.0649. The van der Waals surface area contributed by atoms with Gasteiger partial charge in [-0.3, -0.25) is 0 Å². The summed E-state index contributed by atoms with van der Waals surface area (Å²) in [5.41, 5.74) is -0.125. The van der Waals surface area contributed by atoms with Crippen LogP contribution in [0, 0.1) is 0 Å². The predicted octanol–water partition coefficient (Wildman–Crippen LogP) is 3.30. The molecule has 0 saturated carbocycles. The van der Waals surface area contributed by atoms with Crippen LogP contribution >= 0.6 is 7.26 Å². The van der Waals surface area contributed by atoms with Crippen LogP contribution < -0.4 is 15.9 Å². The van der Waals surface area contributed by atoms with E-state index in [4.69, 9.17) is 4.74 Å². The summed E-state index contributed by atoms with van der Waals surface area (Å²) >= 11 is 0. The number of ether oxygens (including phenoxy) is 1. The lowest BCUT2D eigenvalue weighted by Gasteiger charge is -2.30. The monoisotopic (exact) mass is 347 g/mol. The van der Waals surface area contributed by atoms with E-state index in [9.17, 15) is 4.79 Å². The Bertz CT molecular complexity index is 750. The van der Waals surface area contributed by atoms with Gasteiger partial charge in [0.25, 0.3) is 0 Å². The van der Waals surface area contributed by atoms with Crippen LogP contribution in [0.5, 0.6) is 0 Å². The Labute approximate surface area is 148 Å². The van der Waals surface area contributed by atoms with E-state index in [1.807, 2.05) is 18.2 Å². The van der Waals surface area contributed by atoms with Gasteiger partial charge in [-0.15, -0.1) is 0 Å². The molecule has 3 heteroatoms. The zero-order valence-corrected chi connectivity index (χ0v) is 14.8. The molecular weight excluding hydrogens is 327 g/mol. The quantitative estimate of drug-likeness (QED) is 0.535. The van der Waals surface area contributed by atoms with Crippen molar-refractivity contribution in [3.63, 3.8) is 0 Å². The van der Waals surface area contributed by atoms with E-state index in [1.165, 1.54) is 15.9 Å². The van der Waals surface area contributed by atoms with Gasteiger partial charge in [0.15, 0.2) is 5.66 Å². The fourth-order valence-electron chi connectivity index (χ4n) is 3.81. The molecule has 4 rings (SSSR count). The van der Waals surface area contributed by atoms with Crippen LogP contribution in [0.2, 0.25) is 0 Å². The second kappa shape index (κ2) is 6.82. The van der Waals surface area contributed by atoms with Crippen LogP contribution in [0.25, 0.3) is 0 Å². The number of esters is 1. The molecule has 1 aliphatic heterocycles. The van der Waals surface area contributed by atoms with Gasteiger partial charge >= 0.3 is 5.97 Å². The summed E-state index contributed by atoms with van der Waals surface area (Å²) in [5.74, 6) is -0.0649. The smallest absolute Gasteiger partial charge is 0.348 e. The normalized spacial score (nSPS) is 17.3. The molecule has 2 nitrogen and oxygen atoms in total. The van der Waals surface area contributed by atoms with Gasteiger partial charge in [0.1, 0.15) is 23.2 Å². The third-order valence-electron chi connectivity index (χ3n) is 4.87. The van der Waals surface area contributed by atoms with Crippen molar-refractivity contribution in [2.45, 2.75) is 12.1 Å². The van der Waals surface area contributed by atoms with Crippen molar-refractivity contribution in [3.8, 4) is 0 Å². The Hall–Kier alpha value is -2.44. The second-order valence-electron chi connectivity index (χ2n) is 6.20. The van der Waals surface area contributed by atoms with Gasteiger partial charge < -0.3 is 4.74 Å². The molecule has 1 unspecified atom stereocenters. The van der Waals surface area contributed by atoms with Crippen LogP contribution in [0.4, 0.5) is 0 Å². The van der Waals surface area contributed by atoms with Crippen LogP contribution in [0.15, 0.2) is 91.0 Å². The molecule has 1 atom stereocenters. The van der Waals surface area contributed by atoms with E-state index in [2.05, 4.69) is 72.8 Å². The fourth-order valence-corrected chi connectivity index (χ4v) is 8.60. The maximum absolute atomic E-state index is 12.7. The largest absolute Gasteiger partial charge is 0.463 e. The van der Waals surface area contributed by atoms with Gasteiger partial charge in [-0.05, 0) is 36.4 Å². The summed E-state index contributed by atoms with van der Waals surface area (Å²) < 4.78 is 5.42. The zero-order valence-electron chi connectivity index (χ0n) is 13.9. The number of hydrogen-bond donors (Lipinski definition) is 0.